The molecule has 2 heterocycles. The Hall–Kier alpha value is -3.27. The van der Waals surface area contributed by atoms with Crippen LogP contribution in [0.2, 0.25) is 0 Å². The lowest BCUT2D eigenvalue weighted by Crippen LogP contribution is -2.46. The third kappa shape index (κ3) is 4.77. The number of aromatic nitrogens is 2. The van der Waals surface area contributed by atoms with Gasteiger partial charge >= 0.3 is 11.7 Å². The smallest absolute Gasteiger partial charge is 0.353 e. The average Bonchev–Trinajstić information content (AvgIpc) is 2.74. The summed E-state index contributed by atoms with van der Waals surface area (Å²) in [6.45, 7) is 7.99. The van der Waals surface area contributed by atoms with E-state index in [0.717, 1.165) is 19.6 Å². The van der Waals surface area contributed by atoms with Crippen LogP contribution >= 0.6 is 0 Å². The Morgan fingerprint density at radius 2 is 2.00 bits per heavy atom. The molecule has 1 aromatic carbocycles. The molecule has 154 valence electrons. The highest BCUT2D eigenvalue weighted by atomic mass is 16.6. The summed E-state index contributed by atoms with van der Waals surface area (Å²) in [5, 5.41) is 14.8. The number of hydrogen-bond donors (Lipinski definition) is 1. The molecule has 1 N–H and O–H groups in total. The molecule has 0 unspecified atom stereocenters. The molecule has 10 heteroatoms. The van der Waals surface area contributed by atoms with Gasteiger partial charge in [0.25, 0.3) is 0 Å². The van der Waals surface area contributed by atoms with E-state index >= 15 is 0 Å². The summed E-state index contributed by atoms with van der Waals surface area (Å²) < 4.78 is 5.00. The lowest BCUT2D eigenvalue weighted by Gasteiger charge is -2.34. The van der Waals surface area contributed by atoms with Crippen molar-refractivity contribution in [1.29, 1.82) is 0 Å². The largest absolute Gasteiger partial charge is 0.462 e. The maximum absolute atomic E-state index is 11.9. The molecule has 3 rings (SSSR count). The number of carbonyl (C=O) groups is 1. The number of piperazine rings is 1. The Bertz CT molecular complexity index is 883. The number of benzene rings is 1. The molecule has 0 spiro atoms. The average molecular weight is 400 g/mol. The van der Waals surface area contributed by atoms with Gasteiger partial charge in [0.1, 0.15) is 6.33 Å². The van der Waals surface area contributed by atoms with E-state index in [9.17, 15) is 14.9 Å². The zero-order valence-corrected chi connectivity index (χ0v) is 16.5. The zero-order valence-electron chi connectivity index (χ0n) is 16.5. The van der Waals surface area contributed by atoms with Crippen LogP contribution < -0.4 is 10.2 Å². The predicted octanol–water partition coefficient (Wildman–Crippen LogP) is 2.45. The first-order valence-electron chi connectivity index (χ1n) is 9.54. The summed E-state index contributed by atoms with van der Waals surface area (Å²) in [5.74, 6) is -0.0773. The molecule has 1 aromatic heterocycles. The second kappa shape index (κ2) is 9.28. The van der Waals surface area contributed by atoms with Crippen molar-refractivity contribution in [3.63, 3.8) is 0 Å². The molecule has 0 saturated carbocycles. The zero-order chi connectivity index (χ0) is 20.8. The van der Waals surface area contributed by atoms with Gasteiger partial charge < -0.3 is 19.9 Å². The molecule has 2 aromatic rings. The Morgan fingerprint density at radius 3 is 2.66 bits per heavy atom. The molecule has 1 aliphatic heterocycles. The monoisotopic (exact) mass is 400 g/mol. The van der Waals surface area contributed by atoms with E-state index < -0.39 is 10.9 Å². The minimum absolute atomic E-state index is 0.0823. The van der Waals surface area contributed by atoms with Crippen molar-refractivity contribution < 1.29 is 14.5 Å². The minimum atomic E-state index is -0.473. The van der Waals surface area contributed by atoms with Gasteiger partial charge in [-0.15, -0.1) is 0 Å². The van der Waals surface area contributed by atoms with E-state index in [1.54, 1.807) is 31.2 Å². The molecule has 1 fully saturated rings. The quantitative estimate of drug-likeness (QED) is 0.425. The molecule has 1 aliphatic rings. The van der Waals surface area contributed by atoms with Crippen LogP contribution in [-0.4, -0.2) is 65.1 Å². The van der Waals surface area contributed by atoms with Crippen LogP contribution in [0.25, 0.3) is 0 Å². The van der Waals surface area contributed by atoms with Crippen LogP contribution in [0.4, 0.5) is 23.0 Å². The summed E-state index contributed by atoms with van der Waals surface area (Å²) >= 11 is 0. The van der Waals surface area contributed by atoms with E-state index in [-0.39, 0.29) is 18.1 Å². The summed E-state index contributed by atoms with van der Waals surface area (Å²) in [4.78, 5) is 35.8. The second-order valence-electron chi connectivity index (χ2n) is 6.50. The number of esters is 1. The third-order valence-corrected chi connectivity index (χ3v) is 4.74. The van der Waals surface area contributed by atoms with Crippen molar-refractivity contribution in [1.82, 2.24) is 14.9 Å². The number of nitrogens with zero attached hydrogens (tertiary/aromatic N) is 5. The number of ether oxygens (including phenoxy) is 1. The van der Waals surface area contributed by atoms with Gasteiger partial charge in [-0.3, -0.25) is 10.1 Å². The number of nitro groups is 1. The van der Waals surface area contributed by atoms with E-state index in [0.29, 0.717) is 30.2 Å². The van der Waals surface area contributed by atoms with Gasteiger partial charge in [-0.2, -0.15) is 0 Å². The van der Waals surface area contributed by atoms with Gasteiger partial charge in [0, 0.05) is 31.9 Å². The Morgan fingerprint density at radius 1 is 1.24 bits per heavy atom. The molecule has 10 nitrogen and oxygen atoms in total. The first-order chi connectivity index (χ1) is 14.0. The first kappa shape index (κ1) is 20.5. The van der Waals surface area contributed by atoms with Gasteiger partial charge in [0.15, 0.2) is 0 Å². The van der Waals surface area contributed by atoms with Crippen LogP contribution in [0.1, 0.15) is 24.2 Å². The first-order valence-corrected chi connectivity index (χ1v) is 9.54. The third-order valence-electron chi connectivity index (χ3n) is 4.74. The summed E-state index contributed by atoms with van der Waals surface area (Å²) in [5.41, 5.74) is 0.669. The number of carbonyl (C=O) groups excluding carboxylic acids is 1. The van der Waals surface area contributed by atoms with Crippen molar-refractivity contribution in [3.8, 4) is 0 Å². The lowest BCUT2D eigenvalue weighted by atomic mass is 10.2. The molecule has 1 saturated heterocycles. The standard InChI is InChI=1S/C19H24N6O4/c1-3-23-8-10-24(11-9-23)18-16(25(27)28)17(20-13-21-18)22-15-7-5-6-14(12-15)19(26)29-4-2/h5-7,12-13H,3-4,8-11H2,1-2H3,(H,20,21,22). The maximum Gasteiger partial charge on any atom is 0.353 e. The number of rotatable bonds is 7. The molecule has 0 bridgehead atoms. The normalized spacial score (nSPS) is 14.5. The highest BCUT2D eigenvalue weighted by Gasteiger charge is 2.29. The lowest BCUT2D eigenvalue weighted by molar-refractivity contribution is -0.383. The van der Waals surface area contributed by atoms with Crippen LogP contribution in [0.15, 0.2) is 30.6 Å². The van der Waals surface area contributed by atoms with Gasteiger partial charge in [-0.05, 0) is 31.7 Å². The molecule has 0 radical (unpaired) electrons. The van der Waals surface area contributed by atoms with Gasteiger partial charge in [-0.1, -0.05) is 13.0 Å². The number of anilines is 3. The van der Waals surface area contributed by atoms with Crippen molar-refractivity contribution >= 4 is 29.0 Å². The van der Waals surface area contributed by atoms with Crippen molar-refractivity contribution in [2.45, 2.75) is 13.8 Å². The summed E-state index contributed by atoms with van der Waals surface area (Å²) in [6, 6.07) is 6.57. The fourth-order valence-electron chi connectivity index (χ4n) is 3.21. The van der Waals surface area contributed by atoms with Gasteiger partial charge in [-0.25, -0.2) is 14.8 Å². The van der Waals surface area contributed by atoms with Gasteiger partial charge in [0.05, 0.1) is 17.1 Å². The highest BCUT2D eigenvalue weighted by Crippen LogP contribution is 2.34. The maximum atomic E-state index is 11.9. The summed E-state index contributed by atoms with van der Waals surface area (Å²) in [6.07, 6.45) is 1.31. The van der Waals surface area contributed by atoms with Crippen LogP contribution in [-0.2, 0) is 4.74 Å². The SMILES string of the molecule is CCOC(=O)c1cccc(Nc2ncnc(N3CCN(CC)CC3)c2[N+](=O)[O-])c1. The molecule has 29 heavy (non-hydrogen) atoms. The highest BCUT2D eigenvalue weighted by molar-refractivity contribution is 5.91. The molecule has 0 amide bonds. The van der Waals surface area contributed by atoms with Crippen LogP contribution in [0, 0.1) is 10.1 Å². The number of hydrogen-bond acceptors (Lipinski definition) is 9. The second-order valence-corrected chi connectivity index (χ2v) is 6.50. The number of likely N-dealkylation sites (N-methyl/N-ethyl adjacent to an activating group) is 1. The van der Waals surface area contributed by atoms with E-state index in [2.05, 4.69) is 27.1 Å². The molecule has 0 aliphatic carbocycles. The Labute approximate surface area is 168 Å². The van der Waals surface area contributed by atoms with E-state index in [4.69, 9.17) is 4.74 Å². The Kier molecular flexibility index (Phi) is 6.55. The Balaban J connectivity index is 1.88. The van der Waals surface area contributed by atoms with Crippen molar-refractivity contribution in [2.75, 3.05) is 49.5 Å². The van der Waals surface area contributed by atoms with E-state index in [1.807, 2.05) is 4.90 Å². The topological polar surface area (TPSA) is 114 Å². The minimum Gasteiger partial charge on any atom is -0.462 e. The van der Waals surface area contributed by atoms with Crippen molar-refractivity contribution in [3.05, 3.63) is 46.3 Å². The van der Waals surface area contributed by atoms with Crippen molar-refractivity contribution in [2.24, 2.45) is 0 Å². The summed E-state index contributed by atoms with van der Waals surface area (Å²) in [7, 11) is 0. The van der Waals surface area contributed by atoms with E-state index in [1.165, 1.54) is 6.33 Å². The molecule has 0 atom stereocenters. The predicted molar refractivity (Wildman–Crippen MR) is 109 cm³/mol. The van der Waals surface area contributed by atoms with Gasteiger partial charge in [0.2, 0.25) is 11.6 Å². The fourth-order valence-corrected chi connectivity index (χ4v) is 3.21. The van der Waals surface area contributed by atoms with Crippen LogP contribution in [0.3, 0.4) is 0 Å². The molecular formula is C19H24N6O4. The fraction of sp³-hybridized carbons (Fsp3) is 0.421. The number of nitrogens with one attached hydrogen (secondary N) is 1. The molecular weight excluding hydrogens is 376 g/mol. The van der Waals surface area contributed by atoms with Crippen LogP contribution in [0.5, 0.6) is 0 Å².